The van der Waals surface area contributed by atoms with Crippen LogP contribution in [0.3, 0.4) is 0 Å². The Morgan fingerprint density at radius 1 is 1.44 bits per heavy atom. The number of nitrogens with one attached hydrogen (secondary N) is 1. The molecule has 0 amide bonds. The van der Waals surface area contributed by atoms with Crippen molar-refractivity contribution in [1.82, 2.24) is 15.1 Å². The highest BCUT2D eigenvalue weighted by Gasteiger charge is 2.18. The molecule has 1 unspecified atom stereocenters. The van der Waals surface area contributed by atoms with Crippen molar-refractivity contribution >= 4 is 0 Å². The summed E-state index contributed by atoms with van der Waals surface area (Å²) >= 11 is 0. The van der Waals surface area contributed by atoms with Gasteiger partial charge in [0, 0.05) is 24.9 Å². The molecule has 0 saturated carbocycles. The molecule has 0 aliphatic heterocycles. The number of aromatic nitrogens is 2. The van der Waals surface area contributed by atoms with E-state index in [0.29, 0.717) is 6.61 Å². The number of likely N-dealkylation sites (N-methyl/N-ethyl adjacent to an activating group) is 1. The Morgan fingerprint density at radius 2 is 2.12 bits per heavy atom. The van der Waals surface area contributed by atoms with E-state index < -0.39 is 0 Å². The van der Waals surface area contributed by atoms with Gasteiger partial charge in [-0.2, -0.15) is 5.10 Å². The van der Waals surface area contributed by atoms with Crippen molar-refractivity contribution in [2.24, 2.45) is 7.05 Å². The fourth-order valence-corrected chi connectivity index (χ4v) is 1.95. The van der Waals surface area contributed by atoms with Crippen LogP contribution in [0.4, 0.5) is 0 Å². The molecule has 0 fully saturated rings. The van der Waals surface area contributed by atoms with E-state index in [9.17, 15) is 0 Å². The van der Waals surface area contributed by atoms with Gasteiger partial charge < -0.3 is 10.1 Å². The SMILES string of the molecule is CCCOCC(NC)c1c(C)nn(C)c1C. The second-order valence-electron chi connectivity index (χ2n) is 4.12. The lowest BCUT2D eigenvalue weighted by molar-refractivity contribution is 0.114. The first kappa shape index (κ1) is 13.2. The molecule has 0 bridgehead atoms. The molecular formula is C12H23N3O. The highest BCUT2D eigenvalue weighted by atomic mass is 16.5. The van der Waals surface area contributed by atoms with E-state index in [1.807, 2.05) is 25.7 Å². The molecule has 16 heavy (non-hydrogen) atoms. The van der Waals surface area contributed by atoms with Gasteiger partial charge in [0.25, 0.3) is 0 Å². The van der Waals surface area contributed by atoms with Crippen LogP contribution in [0, 0.1) is 13.8 Å². The van der Waals surface area contributed by atoms with E-state index in [2.05, 4.69) is 24.3 Å². The Hall–Kier alpha value is -0.870. The van der Waals surface area contributed by atoms with Gasteiger partial charge in [-0.25, -0.2) is 0 Å². The molecule has 1 atom stereocenters. The minimum atomic E-state index is 0.236. The van der Waals surface area contributed by atoms with E-state index in [1.165, 1.54) is 11.3 Å². The van der Waals surface area contributed by atoms with Crippen molar-refractivity contribution in [3.8, 4) is 0 Å². The summed E-state index contributed by atoms with van der Waals surface area (Å²) in [5, 5.41) is 7.72. The Balaban J connectivity index is 2.78. The molecule has 1 N–H and O–H groups in total. The topological polar surface area (TPSA) is 39.1 Å². The third kappa shape index (κ3) is 2.83. The van der Waals surface area contributed by atoms with Crippen molar-refractivity contribution in [2.75, 3.05) is 20.3 Å². The zero-order chi connectivity index (χ0) is 12.1. The summed E-state index contributed by atoms with van der Waals surface area (Å²) in [6.45, 7) is 7.79. The molecule has 4 heteroatoms. The fourth-order valence-electron chi connectivity index (χ4n) is 1.95. The lowest BCUT2D eigenvalue weighted by Gasteiger charge is -2.17. The van der Waals surface area contributed by atoms with Crippen LogP contribution < -0.4 is 5.32 Å². The van der Waals surface area contributed by atoms with Crippen molar-refractivity contribution < 1.29 is 4.74 Å². The summed E-state index contributed by atoms with van der Waals surface area (Å²) in [7, 11) is 3.94. The molecule has 1 rings (SSSR count). The molecule has 0 saturated heterocycles. The molecular weight excluding hydrogens is 202 g/mol. The minimum absolute atomic E-state index is 0.236. The van der Waals surface area contributed by atoms with E-state index in [4.69, 9.17) is 4.74 Å². The van der Waals surface area contributed by atoms with Gasteiger partial charge in [-0.1, -0.05) is 6.92 Å². The number of nitrogens with zero attached hydrogens (tertiary/aromatic N) is 2. The normalized spacial score (nSPS) is 13.1. The van der Waals surface area contributed by atoms with Crippen LogP contribution in [0.5, 0.6) is 0 Å². The number of aryl methyl sites for hydroxylation is 2. The van der Waals surface area contributed by atoms with Gasteiger partial charge in [0.05, 0.1) is 18.3 Å². The molecule has 1 aromatic heterocycles. The Kier molecular flexibility index (Phi) is 4.96. The molecule has 1 heterocycles. The van der Waals surface area contributed by atoms with Gasteiger partial charge in [0.15, 0.2) is 0 Å². The van der Waals surface area contributed by atoms with Gasteiger partial charge >= 0.3 is 0 Å². The summed E-state index contributed by atoms with van der Waals surface area (Å²) in [5.41, 5.74) is 3.55. The lowest BCUT2D eigenvalue weighted by Crippen LogP contribution is -2.23. The average molecular weight is 225 g/mol. The molecule has 0 spiro atoms. The summed E-state index contributed by atoms with van der Waals surface area (Å²) in [5.74, 6) is 0. The number of rotatable bonds is 6. The number of hydrogen-bond acceptors (Lipinski definition) is 3. The largest absolute Gasteiger partial charge is 0.379 e. The van der Waals surface area contributed by atoms with E-state index in [0.717, 1.165) is 18.7 Å². The Bertz CT molecular complexity index is 333. The molecule has 92 valence electrons. The van der Waals surface area contributed by atoms with Crippen molar-refractivity contribution in [3.05, 3.63) is 17.0 Å². The number of ether oxygens (including phenoxy) is 1. The van der Waals surface area contributed by atoms with Gasteiger partial charge in [-0.3, -0.25) is 4.68 Å². The van der Waals surface area contributed by atoms with E-state index in [-0.39, 0.29) is 6.04 Å². The monoisotopic (exact) mass is 225 g/mol. The minimum Gasteiger partial charge on any atom is -0.379 e. The standard InChI is InChI=1S/C12H23N3O/c1-6-7-16-8-11(13-4)12-9(2)14-15(5)10(12)3/h11,13H,6-8H2,1-5H3. The third-order valence-corrected chi connectivity index (χ3v) is 2.89. The average Bonchev–Trinajstić information content (AvgIpc) is 2.50. The molecule has 0 aliphatic carbocycles. The van der Waals surface area contributed by atoms with Crippen molar-refractivity contribution in [3.63, 3.8) is 0 Å². The second kappa shape index (κ2) is 6.01. The number of hydrogen-bond donors (Lipinski definition) is 1. The van der Waals surface area contributed by atoms with Crippen LogP contribution in [0.2, 0.25) is 0 Å². The molecule has 0 aromatic carbocycles. The van der Waals surface area contributed by atoms with Crippen LogP contribution in [0.25, 0.3) is 0 Å². The second-order valence-corrected chi connectivity index (χ2v) is 4.12. The predicted molar refractivity (Wildman–Crippen MR) is 65.6 cm³/mol. The predicted octanol–water partition coefficient (Wildman–Crippen LogP) is 1.72. The van der Waals surface area contributed by atoms with Crippen LogP contribution >= 0.6 is 0 Å². The summed E-state index contributed by atoms with van der Waals surface area (Å²) in [4.78, 5) is 0. The highest BCUT2D eigenvalue weighted by molar-refractivity contribution is 5.28. The zero-order valence-electron chi connectivity index (χ0n) is 11.0. The maximum Gasteiger partial charge on any atom is 0.0662 e. The van der Waals surface area contributed by atoms with Gasteiger partial charge in [-0.15, -0.1) is 0 Å². The lowest BCUT2D eigenvalue weighted by atomic mass is 10.1. The van der Waals surface area contributed by atoms with Crippen LogP contribution in [-0.4, -0.2) is 30.0 Å². The maximum atomic E-state index is 5.61. The highest BCUT2D eigenvalue weighted by Crippen LogP contribution is 2.21. The zero-order valence-corrected chi connectivity index (χ0v) is 11.0. The first-order valence-corrected chi connectivity index (χ1v) is 5.86. The summed E-state index contributed by atoms with van der Waals surface area (Å²) in [6.07, 6.45) is 1.06. The van der Waals surface area contributed by atoms with Crippen molar-refractivity contribution in [2.45, 2.75) is 33.2 Å². The van der Waals surface area contributed by atoms with Gasteiger partial charge in [0.2, 0.25) is 0 Å². The van der Waals surface area contributed by atoms with E-state index in [1.54, 1.807) is 0 Å². The summed E-state index contributed by atoms with van der Waals surface area (Å²) in [6, 6.07) is 0.236. The first-order chi connectivity index (χ1) is 7.61. The van der Waals surface area contributed by atoms with Gasteiger partial charge in [-0.05, 0) is 27.3 Å². The van der Waals surface area contributed by atoms with Gasteiger partial charge in [0.1, 0.15) is 0 Å². The van der Waals surface area contributed by atoms with Crippen molar-refractivity contribution in [1.29, 1.82) is 0 Å². The third-order valence-electron chi connectivity index (χ3n) is 2.89. The fraction of sp³-hybridized carbons (Fsp3) is 0.750. The Morgan fingerprint density at radius 3 is 2.56 bits per heavy atom. The molecule has 1 aromatic rings. The van der Waals surface area contributed by atoms with Crippen LogP contribution in [0.1, 0.15) is 36.3 Å². The van der Waals surface area contributed by atoms with Crippen LogP contribution in [0.15, 0.2) is 0 Å². The summed E-state index contributed by atoms with van der Waals surface area (Å²) < 4.78 is 7.54. The molecule has 0 aliphatic rings. The first-order valence-electron chi connectivity index (χ1n) is 5.86. The molecule has 4 nitrogen and oxygen atoms in total. The van der Waals surface area contributed by atoms with Crippen LogP contribution in [-0.2, 0) is 11.8 Å². The maximum absolute atomic E-state index is 5.61. The van der Waals surface area contributed by atoms with E-state index >= 15 is 0 Å². The smallest absolute Gasteiger partial charge is 0.0662 e. The Labute approximate surface area is 98.0 Å². The quantitative estimate of drug-likeness (QED) is 0.749. The molecule has 0 radical (unpaired) electrons.